The monoisotopic (exact) mass is 228 g/mol. The molecule has 0 aliphatic rings. The Kier molecular flexibility index (Phi) is 3.00. The third-order valence-corrected chi connectivity index (χ3v) is 2.32. The fourth-order valence-corrected chi connectivity index (χ4v) is 1.32. The van der Waals surface area contributed by atoms with E-state index >= 15 is 0 Å². The molecule has 0 atom stereocenters. The lowest BCUT2D eigenvalue weighted by atomic mass is 10.2. The first-order valence-corrected chi connectivity index (χ1v) is 5.10. The van der Waals surface area contributed by atoms with Gasteiger partial charge in [-0.3, -0.25) is 9.78 Å². The summed E-state index contributed by atoms with van der Waals surface area (Å²) < 4.78 is 0. The van der Waals surface area contributed by atoms with Gasteiger partial charge in [-0.1, -0.05) is 0 Å². The molecular formula is C12H12N4O. The highest BCUT2D eigenvalue weighted by molar-refractivity contribution is 6.03. The Balaban J connectivity index is 2.16. The largest absolute Gasteiger partial charge is 0.397 e. The minimum absolute atomic E-state index is 0.241. The van der Waals surface area contributed by atoms with Crippen LogP contribution in [0.1, 0.15) is 15.9 Å². The summed E-state index contributed by atoms with van der Waals surface area (Å²) >= 11 is 0. The van der Waals surface area contributed by atoms with Crippen molar-refractivity contribution in [1.82, 2.24) is 9.97 Å². The van der Waals surface area contributed by atoms with Crippen LogP contribution in [0.25, 0.3) is 0 Å². The lowest BCUT2D eigenvalue weighted by molar-refractivity contribution is 0.102. The van der Waals surface area contributed by atoms with Crippen LogP contribution in [0.5, 0.6) is 0 Å². The van der Waals surface area contributed by atoms with Gasteiger partial charge in [-0.05, 0) is 30.7 Å². The zero-order valence-corrected chi connectivity index (χ0v) is 9.34. The number of hydrogen-bond donors (Lipinski definition) is 2. The Hall–Kier alpha value is -2.43. The van der Waals surface area contributed by atoms with Crippen molar-refractivity contribution < 1.29 is 4.79 Å². The highest BCUT2D eigenvalue weighted by atomic mass is 16.1. The third-order valence-electron chi connectivity index (χ3n) is 2.32. The van der Waals surface area contributed by atoms with Gasteiger partial charge in [0.2, 0.25) is 0 Å². The number of nitrogens with one attached hydrogen (secondary N) is 1. The number of nitrogens with two attached hydrogens (primary N) is 1. The molecule has 0 radical (unpaired) electrons. The zero-order valence-electron chi connectivity index (χ0n) is 9.34. The van der Waals surface area contributed by atoms with Gasteiger partial charge in [0.15, 0.2) is 0 Å². The highest BCUT2D eigenvalue weighted by Gasteiger charge is 2.06. The Bertz CT molecular complexity index is 539. The summed E-state index contributed by atoms with van der Waals surface area (Å²) in [7, 11) is 0. The molecule has 1 amide bonds. The van der Waals surface area contributed by atoms with Gasteiger partial charge in [0.05, 0.1) is 17.4 Å². The van der Waals surface area contributed by atoms with E-state index in [9.17, 15) is 4.79 Å². The molecule has 2 aromatic heterocycles. The second kappa shape index (κ2) is 4.61. The Morgan fingerprint density at radius 2 is 2.24 bits per heavy atom. The Morgan fingerprint density at radius 3 is 2.88 bits per heavy atom. The summed E-state index contributed by atoms with van der Waals surface area (Å²) in [6.07, 6.45) is 4.63. The number of carbonyl (C=O) groups excluding carboxylic acids is 1. The van der Waals surface area contributed by atoms with Crippen LogP contribution < -0.4 is 11.1 Å². The summed E-state index contributed by atoms with van der Waals surface area (Å²) in [6, 6.07) is 5.12. The maximum absolute atomic E-state index is 11.8. The van der Waals surface area contributed by atoms with Gasteiger partial charge >= 0.3 is 0 Å². The standard InChI is InChI=1S/C12H12N4O/c1-8-5-11(15-7-10(8)13)16-12(17)9-3-2-4-14-6-9/h2-7H,13H2,1H3,(H,15,16,17). The van der Waals surface area contributed by atoms with Gasteiger partial charge in [0.1, 0.15) is 5.82 Å². The average Bonchev–Trinajstić information content (AvgIpc) is 2.35. The Labute approximate surface area is 98.7 Å². The molecule has 0 aliphatic heterocycles. The number of amides is 1. The van der Waals surface area contributed by atoms with E-state index < -0.39 is 0 Å². The molecule has 0 aliphatic carbocycles. The molecule has 5 heteroatoms. The van der Waals surface area contributed by atoms with E-state index in [1.807, 2.05) is 6.92 Å². The third kappa shape index (κ3) is 2.57. The summed E-state index contributed by atoms with van der Waals surface area (Å²) in [5.74, 6) is 0.236. The van der Waals surface area contributed by atoms with Crippen molar-refractivity contribution in [3.05, 3.63) is 47.9 Å². The molecular weight excluding hydrogens is 216 g/mol. The number of pyridine rings is 2. The molecule has 0 fully saturated rings. The van der Waals surface area contributed by atoms with Gasteiger partial charge in [-0.2, -0.15) is 0 Å². The van der Waals surface area contributed by atoms with Crippen molar-refractivity contribution >= 4 is 17.4 Å². The molecule has 0 saturated carbocycles. The molecule has 2 heterocycles. The Morgan fingerprint density at radius 1 is 1.41 bits per heavy atom. The number of nitrogen functional groups attached to an aromatic ring is 1. The van der Waals surface area contributed by atoms with Crippen LogP contribution in [-0.2, 0) is 0 Å². The molecule has 0 spiro atoms. The van der Waals surface area contributed by atoms with E-state index in [0.29, 0.717) is 17.1 Å². The maximum atomic E-state index is 11.8. The van der Waals surface area contributed by atoms with Crippen molar-refractivity contribution in [2.75, 3.05) is 11.1 Å². The van der Waals surface area contributed by atoms with Crippen LogP contribution in [0.15, 0.2) is 36.8 Å². The number of aryl methyl sites for hydroxylation is 1. The molecule has 17 heavy (non-hydrogen) atoms. The maximum Gasteiger partial charge on any atom is 0.258 e. The van der Waals surface area contributed by atoms with Crippen LogP contribution in [-0.4, -0.2) is 15.9 Å². The van der Waals surface area contributed by atoms with E-state index in [1.54, 1.807) is 24.4 Å². The van der Waals surface area contributed by atoms with Crippen molar-refractivity contribution in [2.45, 2.75) is 6.92 Å². The van der Waals surface area contributed by atoms with Crippen molar-refractivity contribution in [3.63, 3.8) is 0 Å². The van der Waals surface area contributed by atoms with Crippen molar-refractivity contribution in [1.29, 1.82) is 0 Å². The first kappa shape index (κ1) is 11.1. The second-order valence-corrected chi connectivity index (χ2v) is 3.62. The number of hydrogen-bond acceptors (Lipinski definition) is 4. The minimum atomic E-state index is -0.241. The van der Waals surface area contributed by atoms with Crippen LogP contribution in [0.4, 0.5) is 11.5 Å². The average molecular weight is 228 g/mol. The van der Waals surface area contributed by atoms with E-state index in [0.717, 1.165) is 5.56 Å². The van der Waals surface area contributed by atoms with E-state index in [4.69, 9.17) is 5.73 Å². The predicted molar refractivity (Wildman–Crippen MR) is 65.6 cm³/mol. The van der Waals surface area contributed by atoms with Crippen LogP contribution in [0, 0.1) is 6.92 Å². The fourth-order valence-electron chi connectivity index (χ4n) is 1.32. The molecule has 3 N–H and O–H groups in total. The highest BCUT2D eigenvalue weighted by Crippen LogP contribution is 2.13. The van der Waals surface area contributed by atoms with Crippen LogP contribution in [0.2, 0.25) is 0 Å². The number of anilines is 2. The SMILES string of the molecule is Cc1cc(NC(=O)c2cccnc2)ncc1N. The van der Waals surface area contributed by atoms with Crippen LogP contribution >= 0.6 is 0 Å². The van der Waals surface area contributed by atoms with Gasteiger partial charge in [-0.15, -0.1) is 0 Å². The summed E-state index contributed by atoms with van der Waals surface area (Å²) in [4.78, 5) is 19.7. The number of rotatable bonds is 2. The van der Waals surface area contributed by atoms with Gasteiger partial charge in [0, 0.05) is 12.4 Å². The topological polar surface area (TPSA) is 80.9 Å². The normalized spacial score (nSPS) is 9.94. The van der Waals surface area contributed by atoms with Crippen LogP contribution in [0.3, 0.4) is 0 Å². The summed E-state index contributed by atoms with van der Waals surface area (Å²) in [6.45, 7) is 1.86. The molecule has 0 aromatic carbocycles. The number of nitrogens with zero attached hydrogens (tertiary/aromatic N) is 2. The quantitative estimate of drug-likeness (QED) is 0.818. The summed E-state index contributed by atoms with van der Waals surface area (Å²) in [5.41, 5.74) is 7.61. The first-order chi connectivity index (χ1) is 8.16. The lowest BCUT2D eigenvalue weighted by Crippen LogP contribution is -2.13. The molecule has 0 bridgehead atoms. The smallest absolute Gasteiger partial charge is 0.258 e. The molecule has 5 nitrogen and oxygen atoms in total. The zero-order chi connectivity index (χ0) is 12.3. The number of carbonyl (C=O) groups is 1. The van der Waals surface area contributed by atoms with Crippen molar-refractivity contribution in [2.24, 2.45) is 0 Å². The van der Waals surface area contributed by atoms with Gasteiger partial charge in [0.25, 0.3) is 5.91 Å². The molecule has 2 rings (SSSR count). The molecule has 0 unspecified atom stereocenters. The number of aromatic nitrogens is 2. The molecule has 0 saturated heterocycles. The fraction of sp³-hybridized carbons (Fsp3) is 0.0833. The first-order valence-electron chi connectivity index (χ1n) is 5.10. The van der Waals surface area contributed by atoms with E-state index in [-0.39, 0.29) is 5.91 Å². The predicted octanol–water partition coefficient (Wildman–Crippen LogP) is 1.62. The molecule has 2 aromatic rings. The molecule has 86 valence electrons. The minimum Gasteiger partial charge on any atom is -0.397 e. The van der Waals surface area contributed by atoms with Gasteiger partial charge in [-0.25, -0.2) is 4.98 Å². The van der Waals surface area contributed by atoms with Crippen molar-refractivity contribution in [3.8, 4) is 0 Å². The van der Waals surface area contributed by atoms with E-state index in [2.05, 4.69) is 15.3 Å². The lowest BCUT2D eigenvalue weighted by Gasteiger charge is -2.06. The summed E-state index contributed by atoms with van der Waals surface area (Å²) in [5, 5.41) is 2.68. The van der Waals surface area contributed by atoms with E-state index in [1.165, 1.54) is 12.4 Å². The second-order valence-electron chi connectivity index (χ2n) is 3.62. The van der Waals surface area contributed by atoms with Gasteiger partial charge < -0.3 is 11.1 Å².